The lowest BCUT2D eigenvalue weighted by Crippen LogP contribution is -2.23. The number of hydrogen-bond donors (Lipinski definition) is 1. The van der Waals surface area contributed by atoms with Crippen molar-refractivity contribution < 1.29 is 14.4 Å². The number of hydrogen-bond acceptors (Lipinski definition) is 11. The molecule has 0 bridgehead atoms. The fraction of sp³-hybridized carbons (Fsp3) is 0.200. The summed E-state index contributed by atoms with van der Waals surface area (Å²) >= 11 is 0. The average molecular weight is 565 g/mol. The van der Waals surface area contributed by atoms with Gasteiger partial charge in [-0.3, -0.25) is 15.1 Å². The van der Waals surface area contributed by atoms with Crippen molar-refractivity contribution in [1.82, 2.24) is 14.9 Å². The maximum absolute atomic E-state index is 12.3. The largest absolute Gasteiger partial charge is 0.433 e. The first-order valence-corrected chi connectivity index (χ1v) is 13.1. The molecule has 0 amide bonds. The minimum atomic E-state index is -0.600. The summed E-state index contributed by atoms with van der Waals surface area (Å²) < 4.78 is 12.0. The molecule has 4 aromatic rings. The molecule has 12 heteroatoms. The van der Waals surface area contributed by atoms with Gasteiger partial charge in [-0.25, -0.2) is 0 Å². The van der Waals surface area contributed by atoms with Gasteiger partial charge in [0.15, 0.2) is 0 Å². The van der Waals surface area contributed by atoms with E-state index in [4.69, 9.17) is 9.47 Å². The molecule has 0 fully saturated rings. The Hall–Kier alpha value is -5.70. The molecule has 1 aliphatic heterocycles. The highest BCUT2D eigenvalue weighted by Crippen LogP contribution is 2.38. The fourth-order valence-electron chi connectivity index (χ4n) is 4.40. The number of nitro groups is 1. The average Bonchev–Trinajstić information content (AvgIpc) is 3.42. The van der Waals surface area contributed by atoms with Crippen LogP contribution < -0.4 is 19.7 Å². The minimum Gasteiger partial charge on any atom is -0.433 e. The van der Waals surface area contributed by atoms with Crippen molar-refractivity contribution in [2.45, 2.75) is 6.54 Å². The summed E-state index contributed by atoms with van der Waals surface area (Å²) in [5.41, 5.74) is 2.32. The molecular weight excluding hydrogens is 536 g/mol. The third-order valence-electron chi connectivity index (χ3n) is 6.46. The summed E-state index contributed by atoms with van der Waals surface area (Å²) in [6, 6.07) is 23.5. The first-order valence-electron chi connectivity index (χ1n) is 13.1. The van der Waals surface area contributed by atoms with Crippen LogP contribution in [-0.4, -0.2) is 59.9 Å². The SMILES string of the molecule is CN1CCN=C1c1cccc(Oc2nc(NCc3ccccc3)c([N+](=O)[O-])c(Oc3ccc(C#N)c(N(C)C)c3)n2)c1. The molecule has 0 spiro atoms. The number of ether oxygens (including phenoxy) is 2. The number of nitrogens with zero attached hydrogens (tertiary/aromatic N) is 7. The van der Waals surface area contributed by atoms with Gasteiger partial charge in [-0.1, -0.05) is 42.5 Å². The fourth-order valence-corrected chi connectivity index (χ4v) is 4.40. The van der Waals surface area contributed by atoms with Crippen LogP contribution in [0, 0.1) is 21.4 Å². The van der Waals surface area contributed by atoms with E-state index in [2.05, 4.69) is 31.2 Å². The number of nitriles is 1. The molecule has 12 nitrogen and oxygen atoms in total. The zero-order valence-corrected chi connectivity index (χ0v) is 23.3. The number of aliphatic imine (C=N–C) groups is 1. The van der Waals surface area contributed by atoms with Gasteiger partial charge in [0.2, 0.25) is 5.82 Å². The predicted molar refractivity (Wildman–Crippen MR) is 159 cm³/mol. The summed E-state index contributed by atoms with van der Waals surface area (Å²) in [5.74, 6) is 1.14. The molecule has 0 unspecified atom stereocenters. The highest BCUT2D eigenvalue weighted by atomic mass is 16.6. The molecule has 0 saturated heterocycles. The van der Waals surface area contributed by atoms with Crippen LogP contribution >= 0.6 is 0 Å². The van der Waals surface area contributed by atoms with E-state index in [0.717, 1.165) is 23.5 Å². The molecule has 2 heterocycles. The van der Waals surface area contributed by atoms with E-state index in [-0.39, 0.29) is 30.0 Å². The second kappa shape index (κ2) is 12.2. The van der Waals surface area contributed by atoms with Gasteiger partial charge in [-0.05, 0) is 29.8 Å². The lowest BCUT2D eigenvalue weighted by atomic mass is 10.2. The van der Waals surface area contributed by atoms with E-state index in [0.29, 0.717) is 23.5 Å². The molecule has 1 aliphatic rings. The van der Waals surface area contributed by atoms with Gasteiger partial charge in [0.05, 0.1) is 22.7 Å². The molecule has 212 valence electrons. The number of benzene rings is 3. The summed E-state index contributed by atoms with van der Waals surface area (Å²) in [4.78, 5) is 28.7. The lowest BCUT2D eigenvalue weighted by molar-refractivity contribution is -0.385. The van der Waals surface area contributed by atoms with Gasteiger partial charge in [-0.15, -0.1) is 0 Å². The number of anilines is 2. The second-order valence-corrected chi connectivity index (χ2v) is 9.65. The smallest absolute Gasteiger partial charge is 0.373 e. The standard InChI is InChI=1S/C30H28N8O4/c1-36(2)25-17-24(13-12-22(25)18-31)41-29-26(38(39)40)27(33-19-20-8-5-4-6-9-20)34-30(35-29)42-23-11-7-10-21(16-23)28-32-14-15-37(28)3/h4-13,16-17H,14-15,19H2,1-3H3,(H,33,34,35). The Morgan fingerprint density at radius 2 is 1.83 bits per heavy atom. The Morgan fingerprint density at radius 1 is 1.05 bits per heavy atom. The normalized spacial score (nSPS) is 12.3. The van der Waals surface area contributed by atoms with Gasteiger partial charge in [-0.2, -0.15) is 15.2 Å². The van der Waals surface area contributed by atoms with Crippen molar-refractivity contribution in [3.8, 4) is 29.5 Å². The molecule has 42 heavy (non-hydrogen) atoms. The second-order valence-electron chi connectivity index (χ2n) is 9.65. The maximum atomic E-state index is 12.3. The van der Waals surface area contributed by atoms with Crippen molar-refractivity contribution in [3.63, 3.8) is 0 Å². The number of rotatable bonds is 10. The topological polar surface area (TPSA) is 142 Å². The van der Waals surface area contributed by atoms with Crippen LogP contribution in [0.4, 0.5) is 17.2 Å². The molecular formula is C30H28N8O4. The number of likely N-dealkylation sites (N-methyl/N-ethyl adjacent to an activating group) is 1. The van der Waals surface area contributed by atoms with Crippen molar-refractivity contribution in [3.05, 3.63) is 99.6 Å². The van der Waals surface area contributed by atoms with E-state index in [1.165, 1.54) is 0 Å². The Balaban J connectivity index is 1.54. The van der Waals surface area contributed by atoms with Crippen LogP contribution in [0.3, 0.4) is 0 Å². The summed E-state index contributed by atoms with van der Waals surface area (Å²) in [5, 5.41) is 24.8. The van der Waals surface area contributed by atoms with Crippen molar-refractivity contribution in [2.75, 3.05) is 44.4 Å². The molecule has 5 rings (SSSR count). The van der Waals surface area contributed by atoms with Gasteiger partial charge in [0.25, 0.3) is 0 Å². The van der Waals surface area contributed by atoms with Crippen LogP contribution in [-0.2, 0) is 6.54 Å². The van der Waals surface area contributed by atoms with Crippen molar-refractivity contribution in [2.24, 2.45) is 4.99 Å². The third-order valence-corrected chi connectivity index (χ3v) is 6.46. The molecule has 0 atom stereocenters. The molecule has 1 aromatic heterocycles. The Labute approximate surface area is 242 Å². The van der Waals surface area contributed by atoms with Crippen LogP contribution in [0.2, 0.25) is 0 Å². The Kier molecular flexibility index (Phi) is 8.10. The van der Waals surface area contributed by atoms with Crippen LogP contribution in [0.5, 0.6) is 23.4 Å². The van der Waals surface area contributed by atoms with Crippen LogP contribution in [0.15, 0.2) is 77.8 Å². The molecule has 0 aliphatic carbocycles. The van der Waals surface area contributed by atoms with E-state index in [1.54, 1.807) is 43.3 Å². The maximum Gasteiger partial charge on any atom is 0.373 e. The number of nitrogens with one attached hydrogen (secondary N) is 1. The zero-order valence-electron chi connectivity index (χ0n) is 23.3. The third kappa shape index (κ3) is 6.20. The van der Waals surface area contributed by atoms with E-state index in [9.17, 15) is 15.4 Å². The lowest BCUT2D eigenvalue weighted by Gasteiger charge is -2.16. The summed E-state index contributed by atoms with van der Waals surface area (Å²) in [6.45, 7) is 1.80. The minimum absolute atomic E-state index is 0.0682. The Morgan fingerprint density at radius 3 is 2.52 bits per heavy atom. The molecule has 0 saturated carbocycles. The summed E-state index contributed by atoms with van der Waals surface area (Å²) in [7, 11) is 5.54. The zero-order chi connectivity index (χ0) is 29.6. The van der Waals surface area contributed by atoms with E-state index in [1.807, 2.05) is 55.6 Å². The van der Waals surface area contributed by atoms with E-state index < -0.39 is 10.6 Å². The van der Waals surface area contributed by atoms with Gasteiger partial charge < -0.3 is 24.6 Å². The first kappa shape index (κ1) is 27.9. The van der Waals surface area contributed by atoms with Crippen LogP contribution in [0.25, 0.3) is 0 Å². The molecule has 1 N–H and O–H groups in total. The molecule has 0 radical (unpaired) electrons. The Bertz CT molecular complexity index is 1680. The number of amidine groups is 1. The number of aromatic nitrogens is 2. The highest BCUT2D eigenvalue weighted by molar-refractivity contribution is 5.99. The van der Waals surface area contributed by atoms with Gasteiger partial charge in [0, 0.05) is 45.9 Å². The predicted octanol–water partition coefficient (Wildman–Crippen LogP) is 5.21. The van der Waals surface area contributed by atoms with Crippen molar-refractivity contribution in [1.29, 1.82) is 5.26 Å². The first-order chi connectivity index (χ1) is 20.3. The highest BCUT2D eigenvalue weighted by Gasteiger charge is 2.28. The quantitative estimate of drug-likeness (QED) is 0.201. The van der Waals surface area contributed by atoms with Gasteiger partial charge in [0.1, 0.15) is 23.4 Å². The van der Waals surface area contributed by atoms with Crippen LogP contribution in [0.1, 0.15) is 16.7 Å². The monoisotopic (exact) mass is 564 g/mol. The van der Waals surface area contributed by atoms with Gasteiger partial charge >= 0.3 is 17.6 Å². The summed E-state index contributed by atoms with van der Waals surface area (Å²) in [6.07, 6.45) is 0. The molecule has 3 aromatic carbocycles. The van der Waals surface area contributed by atoms with Crippen molar-refractivity contribution >= 4 is 23.0 Å². The van der Waals surface area contributed by atoms with E-state index >= 15 is 0 Å².